The molecule has 1 N–H and O–H groups in total. The molecule has 0 unspecified atom stereocenters. The lowest BCUT2D eigenvalue weighted by Crippen LogP contribution is -2.27. The van der Waals surface area contributed by atoms with Crippen molar-refractivity contribution >= 4 is 23.0 Å². The van der Waals surface area contributed by atoms with Crippen LogP contribution in [0.1, 0.15) is 12.5 Å². The maximum absolute atomic E-state index is 11.9. The van der Waals surface area contributed by atoms with Gasteiger partial charge in [0.25, 0.3) is 0 Å². The zero-order chi connectivity index (χ0) is 13.1. The fourth-order valence-electron chi connectivity index (χ4n) is 1.69. The van der Waals surface area contributed by atoms with E-state index in [1.165, 1.54) is 13.0 Å². The fraction of sp³-hybridized carbons (Fsp3) is 0.0714. The SMILES string of the molecule is CC(=O)NC1=CC(=O)C(c2ccccc2)=CC1=O. The van der Waals surface area contributed by atoms with Crippen molar-refractivity contribution < 1.29 is 14.4 Å². The van der Waals surface area contributed by atoms with Gasteiger partial charge in [-0.25, -0.2) is 0 Å². The predicted octanol–water partition coefficient (Wildman–Crippen LogP) is 1.24. The van der Waals surface area contributed by atoms with Crippen molar-refractivity contribution in [2.24, 2.45) is 0 Å². The van der Waals surface area contributed by atoms with Crippen LogP contribution in [-0.2, 0) is 14.4 Å². The van der Waals surface area contributed by atoms with E-state index < -0.39 is 0 Å². The Morgan fingerprint density at radius 1 is 1.00 bits per heavy atom. The molecular weight excluding hydrogens is 230 g/mol. The first-order chi connectivity index (χ1) is 8.58. The molecule has 0 radical (unpaired) electrons. The van der Waals surface area contributed by atoms with Gasteiger partial charge in [0.1, 0.15) is 0 Å². The first kappa shape index (κ1) is 12.0. The lowest BCUT2D eigenvalue weighted by Gasteiger charge is -2.12. The highest BCUT2D eigenvalue weighted by Gasteiger charge is 2.21. The normalized spacial score (nSPS) is 14.9. The average molecular weight is 241 g/mol. The second-order valence-electron chi connectivity index (χ2n) is 3.89. The molecule has 4 heteroatoms. The number of carbonyl (C=O) groups excluding carboxylic acids is 3. The third kappa shape index (κ3) is 2.43. The maximum atomic E-state index is 11.9. The summed E-state index contributed by atoms with van der Waals surface area (Å²) in [6.07, 6.45) is 2.41. The van der Waals surface area contributed by atoms with Gasteiger partial charge in [-0.1, -0.05) is 30.3 Å². The Morgan fingerprint density at radius 2 is 1.67 bits per heavy atom. The third-order valence-electron chi connectivity index (χ3n) is 2.48. The van der Waals surface area contributed by atoms with Crippen molar-refractivity contribution in [2.45, 2.75) is 6.92 Å². The van der Waals surface area contributed by atoms with Gasteiger partial charge >= 0.3 is 0 Å². The van der Waals surface area contributed by atoms with E-state index in [9.17, 15) is 14.4 Å². The van der Waals surface area contributed by atoms with Crippen LogP contribution in [0.2, 0.25) is 0 Å². The minimum Gasteiger partial charge on any atom is -0.323 e. The fourth-order valence-corrected chi connectivity index (χ4v) is 1.69. The van der Waals surface area contributed by atoms with Crippen LogP contribution < -0.4 is 5.32 Å². The zero-order valence-corrected chi connectivity index (χ0v) is 9.77. The molecule has 1 amide bonds. The number of allylic oxidation sites excluding steroid dienone is 3. The molecule has 0 aliphatic heterocycles. The van der Waals surface area contributed by atoms with E-state index in [-0.39, 0.29) is 23.2 Å². The highest BCUT2D eigenvalue weighted by molar-refractivity contribution is 6.35. The van der Waals surface area contributed by atoms with Gasteiger partial charge in [0.2, 0.25) is 11.7 Å². The molecular formula is C14H11NO3. The number of hydrogen-bond acceptors (Lipinski definition) is 3. The highest BCUT2D eigenvalue weighted by Crippen LogP contribution is 2.20. The van der Waals surface area contributed by atoms with Crippen molar-refractivity contribution in [3.63, 3.8) is 0 Å². The van der Waals surface area contributed by atoms with E-state index in [4.69, 9.17) is 0 Å². The molecule has 0 saturated heterocycles. The van der Waals surface area contributed by atoms with Crippen molar-refractivity contribution in [1.29, 1.82) is 0 Å². The first-order valence-corrected chi connectivity index (χ1v) is 5.43. The smallest absolute Gasteiger partial charge is 0.221 e. The zero-order valence-electron chi connectivity index (χ0n) is 9.77. The molecule has 0 saturated carbocycles. The molecule has 4 nitrogen and oxygen atoms in total. The number of carbonyl (C=O) groups is 3. The Balaban J connectivity index is 2.32. The van der Waals surface area contributed by atoms with Gasteiger partial charge in [-0.2, -0.15) is 0 Å². The Labute approximate surface area is 104 Å². The van der Waals surface area contributed by atoms with Crippen molar-refractivity contribution in [3.8, 4) is 0 Å². The van der Waals surface area contributed by atoms with Crippen LogP contribution in [0.4, 0.5) is 0 Å². The van der Waals surface area contributed by atoms with Gasteiger partial charge in [0.15, 0.2) is 5.78 Å². The summed E-state index contributed by atoms with van der Waals surface area (Å²) in [7, 11) is 0. The predicted molar refractivity (Wildman–Crippen MR) is 66.3 cm³/mol. The Morgan fingerprint density at radius 3 is 2.28 bits per heavy atom. The molecule has 0 bridgehead atoms. The van der Waals surface area contributed by atoms with Crippen LogP contribution in [0.15, 0.2) is 48.2 Å². The van der Waals surface area contributed by atoms with E-state index in [1.807, 2.05) is 6.07 Å². The van der Waals surface area contributed by atoms with E-state index in [2.05, 4.69) is 5.32 Å². The van der Waals surface area contributed by atoms with Crippen LogP contribution >= 0.6 is 0 Å². The minimum absolute atomic E-state index is 0.0205. The molecule has 1 aliphatic rings. The average Bonchev–Trinajstić information content (AvgIpc) is 2.34. The summed E-state index contributed by atoms with van der Waals surface area (Å²) in [5, 5.41) is 2.34. The summed E-state index contributed by atoms with van der Waals surface area (Å²) >= 11 is 0. The Bertz CT molecular complexity index is 582. The number of ketones is 2. The van der Waals surface area contributed by atoms with Crippen LogP contribution in [-0.4, -0.2) is 17.5 Å². The number of amides is 1. The molecule has 0 atom stereocenters. The summed E-state index contributed by atoms with van der Waals surface area (Å²) in [6.45, 7) is 1.29. The van der Waals surface area contributed by atoms with Gasteiger partial charge < -0.3 is 5.32 Å². The number of hydrogen-bond donors (Lipinski definition) is 1. The molecule has 1 aromatic rings. The largest absolute Gasteiger partial charge is 0.323 e. The van der Waals surface area contributed by atoms with Crippen LogP contribution in [0.5, 0.6) is 0 Å². The molecule has 2 rings (SSSR count). The minimum atomic E-state index is -0.376. The van der Waals surface area contributed by atoms with Crippen LogP contribution in [0.3, 0.4) is 0 Å². The quantitative estimate of drug-likeness (QED) is 0.792. The van der Waals surface area contributed by atoms with E-state index in [0.29, 0.717) is 11.1 Å². The molecule has 0 heterocycles. The first-order valence-electron chi connectivity index (χ1n) is 5.43. The van der Waals surface area contributed by atoms with Crippen molar-refractivity contribution in [1.82, 2.24) is 5.32 Å². The van der Waals surface area contributed by atoms with Gasteiger partial charge in [0, 0.05) is 18.6 Å². The molecule has 0 aromatic heterocycles. The van der Waals surface area contributed by atoms with Crippen LogP contribution in [0, 0.1) is 0 Å². The second-order valence-corrected chi connectivity index (χ2v) is 3.89. The van der Waals surface area contributed by atoms with Crippen molar-refractivity contribution in [2.75, 3.05) is 0 Å². The van der Waals surface area contributed by atoms with Gasteiger partial charge in [-0.05, 0) is 11.6 Å². The highest BCUT2D eigenvalue weighted by atomic mass is 16.2. The Hall–Kier alpha value is -2.49. The number of benzene rings is 1. The Kier molecular flexibility index (Phi) is 3.19. The molecule has 0 fully saturated rings. The standard InChI is InChI=1S/C14H11NO3/c1-9(16)15-12-8-13(17)11(7-14(12)18)10-5-3-2-4-6-10/h2-8H,1H3,(H,15,16). The van der Waals surface area contributed by atoms with Gasteiger partial charge in [-0.3, -0.25) is 14.4 Å². The summed E-state index contributed by atoms with van der Waals surface area (Å²) in [5.41, 5.74) is 1.05. The molecule has 0 spiro atoms. The van der Waals surface area contributed by atoms with E-state index in [0.717, 1.165) is 6.08 Å². The lowest BCUT2D eigenvalue weighted by molar-refractivity contribution is -0.120. The van der Waals surface area contributed by atoms with Crippen molar-refractivity contribution in [3.05, 3.63) is 53.7 Å². The number of rotatable bonds is 2. The second kappa shape index (κ2) is 4.79. The summed E-state index contributed by atoms with van der Waals surface area (Å²) in [5.74, 6) is -1.04. The molecule has 1 aromatic carbocycles. The maximum Gasteiger partial charge on any atom is 0.221 e. The number of nitrogens with one attached hydrogen (secondary N) is 1. The molecule has 1 aliphatic carbocycles. The molecule has 18 heavy (non-hydrogen) atoms. The molecule has 90 valence electrons. The summed E-state index contributed by atoms with van der Waals surface area (Å²) in [4.78, 5) is 34.5. The topological polar surface area (TPSA) is 63.2 Å². The lowest BCUT2D eigenvalue weighted by atomic mass is 9.95. The summed E-state index contributed by atoms with van der Waals surface area (Å²) in [6, 6.07) is 8.93. The van der Waals surface area contributed by atoms with E-state index >= 15 is 0 Å². The van der Waals surface area contributed by atoms with E-state index in [1.54, 1.807) is 24.3 Å². The van der Waals surface area contributed by atoms with Gasteiger partial charge in [-0.15, -0.1) is 0 Å². The van der Waals surface area contributed by atoms with Gasteiger partial charge in [0.05, 0.1) is 5.70 Å². The monoisotopic (exact) mass is 241 g/mol. The summed E-state index contributed by atoms with van der Waals surface area (Å²) < 4.78 is 0. The third-order valence-corrected chi connectivity index (χ3v) is 2.48. The van der Waals surface area contributed by atoms with Crippen LogP contribution in [0.25, 0.3) is 5.57 Å².